The van der Waals surface area contributed by atoms with E-state index >= 15 is 0 Å². The van der Waals surface area contributed by atoms with Crippen LogP contribution >= 0.6 is 11.6 Å². The lowest BCUT2D eigenvalue weighted by molar-refractivity contribution is 0.0793. The van der Waals surface area contributed by atoms with Crippen LogP contribution in [-0.4, -0.2) is 43.0 Å². The maximum Gasteiger partial charge on any atom is 0.253 e. The molecule has 0 unspecified atom stereocenters. The van der Waals surface area contributed by atoms with E-state index in [1.165, 1.54) is 6.20 Å². The summed E-state index contributed by atoms with van der Waals surface area (Å²) in [7, 11) is 3.68. The second kappa shape index (κ2) is 6.45. The molecule has 1 rings (SSSR count). The number of carbonyl (C=O) groups excluding carboxylic acids is 1. The number of hydrogen-bond donors (Lipinski definition) is 1. The van der Waals surface area contributed by atoms with Gasteiger partial charge in [0.25, 0.3) is 5.91 Å². The fourth-order valence-corrected chi connectivity index (χ4v) is 1.52. The van der Waals surface area contributed by atoms with Gasteiger partial charge in [-0.2, -0.15) is 0 Å². The Bertz CT molecular complexity index is 357. The van der Waals surface area contributed by atoms with E-state index in [9.17, 15) is 4.79 Å². The van der Waals surface area contributed by atoms with Gasteiger partial charge in [-0.05, 0) is 32.1 Å². The number of hydrogen-bond acceptors (Lipinski definition) is 3. The molecule has 1 heterocycles. The van der Waals surface area contributed by atoms with Crippen molar-refractivity contribution in [2.24, 2.45) is 0 Å². The molecule has 0 atom stereocenters. The molecule has 0 saturated carbocycles. The number of nitrogens with one attached hydrogen (secondary N) is 1. The van der Waals surface area contributed by atoms with Gasteiger partial charge in [-0.1, -0.05) is 11.6 Å². The molecule has 1 aromatic rings. The van der Waals surface area contributed by atoms with Crippen molar-refractivity contribution in [2.45, 2.75) is 6.42 Å². The summed E-state index contributed by atoms with van der Waals surface area (Å²) in [6.07, 6.45) is 2.47. The lowest BCUT2D eigenvalue weighted by Gasteiger charge is -2.16. The minimum absolute atomic E-state index is 0.0274. The van der Waals surface area contributed by atoms with E-state index in [4.69, 9.17) is 11.6 Å². The number of amides is 1. The van der Waals surface area contributed by atoms with Crippen LogP contribution in [0.25, 0.3) is 0 Å². The third-order valence-corrected chi connectivity index (χ3v) is 2.45. The van der Waals surface area contributed by atoms with Crippen molar-refractivity contribution < 1.29 is 4.79 Å². The predicted molar refractivity (Wildman–Crippen MR) is 64.8 cm³/mol. The molecule has 0 aliphatic rings. The van der Waals surface area contributed by atoms with Crippen molar-refractivity contribution in [3.63, 3.8) is 0 Å². The monoisotopic (exact) mass is 241 g/mol. The molecular weight excluding hydrogens is 226 g/mol. The molecule has 5 heteroatoms. The van der Waals surface area contributed by atoms with Crippen LogP contribution in [0.5, 0.6) is 0 Å². The molecule has 0 bridgehead atoms. The maximum atomic E-state index is 11.9. The number of carbonyl (C=O) groups is 1. The van der Waals surface area contributed by atoms with Crippen LogP contribution in [0, 0.1) is 0 Å². The quantitative estimate of drug-likeness (QED) is 0.627. The van der Waals surface area contributed by atoms with Gasteiger partial charge in [0.2, 0.25) is 0 Å². The van der Waals surface area contributed by atoms with Gasteiger partial charge in [0.05, 0.1) is 0 Å². The molecule has 0 saturated heterocycles. The van der Waals surface area contributed by atoms with Crippen LogP contribution in [-0.2, 0) is 0 Å². The van der Waals surface area contributed by atoms with Crippen molar-refractivity contribution in [2.75, 3.05) is 27.2 Å². The molecule has 16 heavy (non-hydrogen) atoms. The minimum atomic E-state index is -0.0274. The van der Waals surface area contributed by atoms with Crippen LogP contribution < -0.4 is 5.32 Å². The molecule has 0 radical (unpaired) electrons. The largest absolute Gasteiger partial charge is 0.342 e. The highest BCUT2D eigenvalue weighted by Crippen LogP contribution is 2.09. The second-order valence-corrected chi connectivity index (χ2v) is 3.94. The highest BCUT2D eigenvalue weighted by atomic mass is 35.5. The Labute approximate surface area is 101 Å². The Balaban J connectivity index is 2.56. The summed E-state index contributed by atoms with van der Waals surface area (Å²) >= 11 is 5.73. The SMILES string of the molecule is CNCCCN(C)C(=O)c1ccnc(Cl)c1. The minimum Gasteiger partial charge on any atom is -0.342 e. The van der Waals surface area contributed by atoms with E-state index in [0.717, 1.165) is 19.5 Å². The zero-order chi connectivity index (χ0) is 12.0. The summed E-state index contributed by atoms with van der Waals surface area (Å²) in [4.78, 5) is 17.4. The van der Waals surface area contributed by atoms with Gasteiger partial charge < -0.3 is 10.2 Å². The molecule has 1 N–H and O–H groups in total. The Hall–Kier alpha value is -1.13. The Morgan fingerprint density at radius 2 is 2.38 bits per heavy atom. The average Bonchev–Trinajstić information content (AvgIpc) is 2.28. The first-order valence-electron chi connectivity index (χ1n) is 5.16. The molecule has 1 amide bonds. The lowest BCUT2D eigenvalue weighted by atomic mass is 10.2. The first-order valence-corrected chi connectivity index (χ1v) is 5.54. The molecular formula is C11H16ClN3O. The zero-order valence-electron chi connectivity index (χ0n) is 9.53. The summed E-state index contributed by atoms with van der Waals surface area (Å²) in [6, 6.07) is 3.25. The Kier molecular flexibility index (Phi) is 5.22. The van der Waals surface area contributed by atoms with Gasteiger partial charge in [-0.25, -0.2) is 4.98 Å². The lowest BCUT2D eigenvalue weighted by Crippen LogP contribution is -2.29. The van der Waals surface area contributed by atoms with Crippen molar-refractivity contribution in [3.05, 3.63) is 29.0 Å². The van der Waals surface area contributed by atoms with Crippen LogP contribution in [0.4, 0.5) is 0 Å². The molecule has 88 valence electrons. The highest BCUT2D eigenvalue weighted by Gasteiger charge is 2.11. The van der Waals surface area contributed by atoms with Crippen molar-refractivity contribution in [1.82, 2.24) is 15.2 Å². The third kappa shape index (κ3) is 3.79. The van der Waals surface area contributed by atoms with Crippen LogP contribution in [0.15, 0.2) is 18.3 Å². The fourth-order valence-electron chi connectivity index (χ4n) is 1.35. The number of rotatable bonds is 5. The normalized spacial score (nSPS) is 10.2. The van der Waals surface area contributed by atoms with Gasteiger partial charge in [0.15, 0.2) is 0 Å². The van der Waals surface area contributed by atoms with Gasteiger partial charge in [-0.15, -0.1) is 0 Å². The first kappa shape index (κ1) is 12.9. The smallest absolute Gasteiger partial charge is 0.253 e. The van der Waals surface area contributed by atoms with Gasteiger partial charge in [0.1, 0.15) is 5.15 Å². The van der Waals surface area contributed by atoms with E-state index in [1.54, 1.807) is 24.1 Å². The van der Waals surface area contributed by atoms with E-state index in [-0.39, 0.29) is 5.91 Å². The first-order chi connectivity index (χ1) is 7.65. The molecule has 0 fully saturated rings. The maximum absolute atomic E-state index is 11.9. The highest BCUT2D eigenvalue weighted by molar-refractivity contribution is 6.29. The summed E-state index contributed by atoms with van der Waals surface area (Å²) in [5, 5.41) is 3.38. The van der Waals surface area contributed by atoms with E-state index in [2.05, 4.69) is 10.3 Å². The number of pyridine rings is 1. The number of aromatic nitrogens is 1. The summed E-state index contributed by atoms with van der Waals surface area (Å²) in [6.45, 7) is 1.62. The Morgan fingerprint density at radius 3 is 3.00 bits per heavy atom. The van der Waals surface area contributed by atoms with Crippen LogP contribution in [0.1, 0.15) is 16.8 Å². The molecule has 0 aliphatic heterocycles. The third-order valence-electron chi connectivity index (χ3n) is 2.24. The van der Waals surface area contributed by atoms with Crippen molar-refractivity contribution >= 4 is 17.5 Å². The van der Waals surface area contributed by atoms with E-state index < -0.39 is 0 Å². The number of nitrogens with zero attached hydrogens (tertiary/aromatic N) is 2. The van der Waals surface area contributed by atoms with E-state index in [1.807, 2.05) is 7.05 Å². The molecule has 4 nitrogen and oxygen atoms in total. The Morgan fingerprint density at radius 1 is 1.62 bits per heavy atom. The van der Waals surface area contributed by atoms with Gasteiger partial charge in [0, 0.05) is 25.4 Å². The second-order valence-electron chi connectivity index (χ2n) is 3.55. The van der Waals surface area contributed by atoms with Crippen LogP contribution in [0.3, 0.4) is 0 Å². The van der Waals surface area contributed by atoms with Crippen molar-refractivity contribution in [1.29, 1.82) is 0 Å². The summed E-state index contributed by atoms with van der Waals surface area (Å²) in [5.41, 5.74) is 0.576. The fraction of sp³-hybridized carbons (Fsp3) is 0.455. The molecule has 0 spiro atoms. The molecule has 1 aromatic heterocycles. The molecule has 0 aliphatic carbocycles. The van der Waals surface area contributed by atoms with Gasteiger partial charge in [-0.3, -0.25) is 4.79 Å². The predicted octanol–water partition coefficient (Wildman–Crippen LogP) is 1.42. The van der Waals surface area contributed by atoms with Gasteiger partial charge >= 0.3 is 0 Å². The average molecular weight is 242 g/mol. The summed E-state index contributed by atoms with van der Waals surface area (Å²) in [5.74, 6) is -0.0274. The van der Waals surface area contributed by atoms with E-state index in [0.29, 0.717) is 10.7 Å². The zero-order valence-corrected chi connectivity index (χ0v) is 10.3. The van der Waals surface area contributed by atoms with Crippen LogP contribution in [0.2, 0.25) is 5.15 Å². The molecule has 0 aromatic carbocycles. The summed E-state index contributed by atoms with van der Waals surface area (Å²) < 4.78 is 0. The standard InChI is InChI=1S/C11H16ClN3O/c1-13-5-3-7-15(2)11(16)9-4-6-14-10(12)8-9/h4,6,8,13H,3,5,7H2,1-2H3. The van der Waals surface area contributed by atoms with Crippen molar-refractivity contribution in [3.8, 4) is 0 Å². The number of halogens is 1. The topological polar surface area (TPSA) is 45.2 Å².